The molecule has 0 saturated heterocycles. The molecule has 0 spiro atoms. The van der Waals surface area contributed by atoms with Crippen molar-refractivity contribution >= 4 is 11.9 Å². The van der Waals surface area contributed by atoms with Crippen LogP contribution in [0.25, 0.3) is 0 Å². The van der Waals surface area contributed by atoms with Gasteiger partial charge in [0.25, 0.3) is 0 Å². The first-order valence-electron chi connectivity index (χ1n) is 1.11. The molecule has 0 aromatic rings. The van der Waals surface area contributed by atoms with Gasteiger partial charge < -0.3 is 10.2 Å². The number of carbonyl (C=O) groups is 2. The van der Waals surface area contributed by atoms with E-state index in [0.29, 0.717) is 0 Å². The zero-order valence-corrected chi connectivity index (χ0v) is 15.9. The van der Waals surface area contributed by atoms with E-state index >= 15 is 0 Å². The fraction of sp³-hybridized carbons (Fsp3) is 0. The van der Waals surface area contributed by atoms with E-state index in [4.69, 9.17) is 19.8 Å². The van der Waals surface area contributed by atoms with Crippen LogP contribution in [-0.2, 0) is 62.0 Å². The third kappa shape index (κ3) is 22.5. The van der Waals surface area contributed by atoms with Crippen molar-refractivity contribution in [3.63, 3.8) is 0 Å². The van der Waals surface area contributed by atoms with Crippen LogP contribution in [0, 0.1) is 83.5 Å². The molecule has 0 rings (SSSR count). The molecule has 0 fully saturated rings. The topological polar surface area (TPSA) is 74.6 Å². The number of carboxylic acid groups (broad SMARTS) is 2. The van der Waals surface area contributed by atoms with Crippen LogP contribution in [0.2, 0.25) is 0 Å². The van der Waals surface area contributed by atoms with Crippen LogP contribution in [0.1, 0.15) is 0 Å². The van der Waals surface area contributed by atoms with Gasteiger partial charge in [0.1, 0.15) is 0 Å². The molecule has 0 saturated carbocycles. The number of hydrogen-bond donors (Lipinski definition) is 2. The van der Waals surface area contributed by atoms with Crippen molar-refractivity contribution in [1.29, 1.82) is 0 Å². The smallest absolute Gasteiger partial charge is 0.414 e. The fourth-order valence-electron chi connectivity index (χ4n) is 0. The summed E-state index contributed by atoms with van der Waals surface area (Å²) in [6.45, 7) is 0. The first kappa shape index (κ1) is 29.2. The third-order valence-electron chi connectivity index (χ3n) is 0.183. The summed E-state index contributed by atoms with van der Waals surface area (Å²) >= 11 is 0. The number of carboxylic acids is 2. The van der Waals surface area contributed by atoms with Gasteiger partial charge in [-0.05, 0) is 0 Å². The molecule has 0 unspecified atom stereocenters. The second-order valence-electron chi connectivity index (χ2n) is 0.610. The molecule has 0 bridgehead atoms. The van der Waals surface area contributed by atoms with E-state index in [1.54, 1.807) is 0 Å². The molecule has 0 aliphatic heterocycles. The van der Waals surface area contributed by atoms with Crippen molar-refractivity contribution in [2.24, 2.45) is 0 Å². The molecular formula is C2H2Ce2O4Zr2. The molecule has 0 aromatic heterocycles. The zero-order valence-electron chi connectivity index (χ0n) is 4.71. The van der Waals surface area contributed by atoms with Gasteiger partial charge in [0, 0.05) is 136 Å². The summed E-state index contributed by atoms with van der Waals surface area (Å²) in [6, 6.07) is 0. The summed E-state index contributed by atoms with van der Waals surface area (Å²) in [6.07, 6.45) is 0. The Balaban J connectivity index is -0.0000000208. The molecule has 0 radical (unpaired) electrons. The van der Waals surface area contributed by atoms with E-state index in [1.165, 1.54) is 0 Å². The second-order valence-corrected chi connectivity index (χ2v) is 0.610. The molecule has 4 nitrogen and oxygen atoms in total. The van der Waals surface area contributed by atoms with Crippen molar-refractivity contribution in [3.05, 3.63) is 0 Å². The van der Waals surface area contributed by atoms with Crippen LogP contribution in [0.4, 0.5) is 0 Å². The normalized spacial score (nSPS) is 4.40. The standard InChI is InChI=1S/C2H2O4.2Ce.2Zr/c3-1(4)2(5)6;;;;/h(H,3,4)(H,5,6);;;;. The van der Waals surface area contributed by atoms with Crippen LogP contribution < -0.4 is 0 Å². The fourth-order valence-corrected chi connectivity index (χ4v) is 0. The van der Waals surface area contributed by atoms with E-state index in [0.717, 1.165) is 0 Å². The molecule has 0 amide bonds. The minimum absolute atomic E-state index is 0. The Hall–Kier alpha value is 3.46. The summed E-state index contributed by atoms with van der Waals surface area (Å²) in [5.74, 6) is -3.65. The van der Waals surface area contributed by atoms with E-state index < -0.39 is 11.9 Å². The third-order valence-corrected chi connectivity index (χ3v) is 0.183. The van der Waals surface area contributed by atoms with Crippen molar-refractivity contribution in [2.75, 3.05) is 0 Å². The monoisotopic (exact) mass is 550 g/mol. The van der Waals surface area contributed by atoms with Crippen molar-refractivity contribution in [2.45, 2.75) is 0 Å². The summed E-state index contributed by atoms with van der Waals surface area (Å²) in [7, 11) is 0. The predicted octanol–water partition coefficient (Wildman–Crippen LogP) is -0.849. The molecular weight excluding hydrogens is 551 g/mol. The number of hydrogen-bond acceptors (Lipinski definition) is 2. The SMILES string of the molecule is O=C(O)C(=O)O.[Ce].[Ce].[Zr].[Zr]. The molecule has 10 heavy (non-hydrogen) atoms. The van der Waals surface area contributed by atoms with Crippen LogP contribution in [0.15, 0.2) is 0 Å². The molecule has 0 atom stereocenters. The first-order chi connectivity index (χ1) is 2.64. The molecule has 0 aliphatic rings. The van der Waals surface area contributed by atoms with Crippen LogP contribution >= 0.6 is 0 Å². The molecule has 2 N–H and O–H groups in total. The zero-order chi connectivity index (χ0) is 5.15. The van der Waals surface area contributed by atoms with E-state index in [2.05, 4.69) is 0 Å². The van der Waals surface area contributed by atoms with Gasteiger partial charge >= 0.3 is 11.9 Å². The molecule has 50 valence electrons. The van der Waals surface area contributed by atoms with Gasteiger partial charge in [-0.1, -0.05) is 0 Å². The minimum atomic E-state index is -1.82. The van der Waals surface area contributed by atoms with Gasteiger partial charge in [0.15, 0.2) is 0 Å². The first-order valence-corrected chi connectivity index (χ1v) is 1.11. The van der Waals surface area contributed by atoms with Crippen molar-refractivity contribution < 1.29 is 156 Å². The van der Waals surface area contributed by atoms with Gasteiger partial charge in [-0.25, -0.2) is 9.59 Å². The largest absolute Gasteiger partial charge is 0.473 e. The van der Waals surface area contributed by atoms with Crippen molar-refractivity contribution in [1.82, 2.24) is 0 Å². The predicted molar refractivity (Wildman–Crippen MR) is 15.3 cm³/mol. The van der Waals surface area contributed by atoms with Crippen LogP contribution in [-0.4, -0.2) is 22.2 Å². The minimum Gasteiger partial charge on any atom is -0.473 e. The second kappa shape index (κ2) is 18.3. The van der Waals surface area contributed by atoms with Gasteiger partial charge in [0.2, 0.25) is 0 Å². The Morgan fingerprint density at radius 3 is 0.900 bits per heavy atom. The molecule has 0 aromatic carbocycles. The van der Waals surface area contributed by atoms with Gasteiger partial charge in [-0.3, -0.25) is 0 Å². The number of aliphatic carboxylic acids is 2. The Morgan fingerprint density at radius 2 is 0.900 bits per heavy atom. The summed E-state index contributed by atoms with van der Waals surface area (Å²) in [4.78, 5) is 18.2. The average molecular weight is 553 g/mol. The maximum atomic E-state index is 9.10. The Bertz CT molecular complexity index is 85.3. The summed E-state index contributed by atoms with van der Waals surface area (Å²) < 4.78 is 0. The van der Waals surface area contributed by atoms with Crippen LogP contribution in [0.5, 0.6) is 0 Å². The van der Waals surface area contributed by atoms with Crippen LogP contribution in [0.3, 0.4) is 0 Å². The van der Waals surface area contributed by atoms with E-state index in [-0.39, 0.29) is 136 Å². The molecule has 8 heteroatoms. The maximum Gasteiger partial charge on any atom is 0.414 e. The maximum absolute atomic E-state index is 9.10. The van der Waals surface area contributed by atoms with Gasteiger partial charge in [0.05, 0.1) is 0 Å². The molecule has 0 heterocycles. The van der Waals surface area contributed by atoms with E-state index in [1.807, 2.05) is 0 Å². The Kier molecular flexibility index (Phi) is 53.4. The summed E-state index contributed by atoms with van der Waals surface area (Å²) in [5.41, 5.74) is 0. The molecule has 0 aliphatic carbocycles. The average Bonchev–Trinajstić information content (AvgIpc) is 1.36. The Labute approximate surface area is 163 Å². The van der Waals surface area contributed by atoms with Gasteiger partial charge in [-0.15, -0.1) is 0 Å². The quantitative estimate of drug-likeness (QED) is 0.384. The van der Waals surface area contributed by atoms with E-state index in [9.17, 15) is 0 Å². The number of rotatable bonds is 0. The summed E-state index contributed by atoms with van der Waals surface area (Å²) in [5, 5.41) is 14.8. The van der Waals surface area contributed by atoms with Gasteiger partial charge in [-0.2, -0.15) is 0 Å². The Morgan fingerprint density at radius 1 is 0.800 bits per heavy atom. The van der Waals surface area contributed by atoms with Crippen molar-refractivity contribution in [3.8, 4) is 0 Å².